The summed E-state index contributed by atoms with van der Waals surface area (Å²) < 4.78 is 8.02. The van der Waals surface area contributed by atoms with Crippen molar-refractivity contribution in [1.82, 2.24) is 9.55 Å². The molecule has 1 heterocycles. The Bertz CT molecular complexity index is 1010. The maximum Gasteiger partial charge on any atom is 0.119 e. The summed E-state index contributed by atoms with van der Waals surface area (Å²) in [6.45, 7) is 1.52. The Morgan fingerprint density at radius 3 is 2.29 bits per heavy atom. The van der Waals surface area contributed by atoms with E-state index in [4.69, 9.17) is 4.74 Å². The van der Waals surface area contributed by atoms with Crippen molar-refractivity contribution in [1.29, 1.82) is 0 Å². The number of aryl methyl sites for hydroxylation is 2. The highest BCUT2D eigenvalue weighted by Gasteiger charge is 2.02. The van der Waals surface area contributed by atoms with Crippen LogP contribution < -0.4 is 4.74 Å². The predicted molar refractivity (Wildman–Crippen MR) is 114 cm³/mol. The Morgan fingerprint density at radius 2 is 1.50 bits per heavy atom. The molecule has 0 aliphatic rings. The fourth-order valence-electron chi connectivity index (χ4n) is 3.14. The summed E-state index contributed by atoms with van der Waals surface area (Å²) in [7, 11) is 0. The number of benzene rings is 3. The van der Waals surface area contributed by atoms with Crippen molar-refractivity contribution in [2.75, 3.05) is 6.61 Å². The third-order valence-corrected chi connectivity index (χ3v) is 4.69. The number of halogens is 1. The molecule has 144 valence electrons. The van der Waals surface area contributed by atoms with Gasteiger partial charge in [-0.25, -0.2) is 4.98 Å². The summed E-state index contributed by atoms with van der Waals surface area (Å²) in [6.07, 6.45) is 3.68. The third-order valence-electron chi connectivity index (χ3n) is 4.69. The highest BCUT2D eigenvalue weighted by atomic mass is 35.5. The predicted octanol–water partition coefficient (Wildman–Crippen LogP) is 5.03. The van der Waals surface area contributed by atoms with E-state index in [-0.39, 0.29) is 12.4 Å². The Balaban J connectivity index is 0.00000225. The van der Waals surface area contributed by atoms with Gasteiger partial charge in [0.2, 0.25) is 0 Å². The number of hydrogen-bond acceptors (Lipinski definition) is 3. The normalized spacial score (nSPS) is 10.6. The van der Waals surface area contributed by atoms with E-state index in [1.807, 2.05) is 48.8 Å². The van der Waals surface area contributed by atoms with Crippen LogP contribution in [-0.4, -0.2) is 21.3 Å². The second-order valence-electron chi connectivity index (χ2n) is 6.59. The van der Waals surface area contributed by atoms with E-state index in [1.54, 1.807) is 12.1 Å². The molecule has 0 fully saturated rings. The molecule has 0 bridgehead atoms. The molecule has 0 spiro atoms. The molecule has 1 N–H and O–H groups in total. The lowest BCUT2D eigenvalue weighted by Crippen LogP contribution is -2.02. The molecule has 0 saturated heterocycles. The summed E-state index contributed by atoms with van der Waals surface area (Å²) in [5, 5.41) is 9.31. The number of ether oxygens (including phenoxy) is 1. The third kappa shape index (κ3) is 4.84. The second kappa shape index (κ2) is 9.29. The first-order valence-electron chi connectivity index (χ1n) is 9.17. The molecule has 0 amide bonds. The van der Waals surface area contributed by atoms with Gasteiger partial charge in [-0.1, -0.05) is 36.4 Å². The van der Waals surface area contributed by atoms with Gasteiger partial charge in [-0.05, 0) is 53.9 Å². The fraction of sp³-hybridized carbons (Fsp3) is 0.174. The molecule has 0 unspecified atom stereocenters. The van der Waals surface area contributed by atoms with Gasteiger partial charge in [0.05, 0.1) is 24.0 Å². The summed E-state index contributed by atoms with van der Waals surface area (Å²) >= 11 is 0. The first-order chi connectivity index (χ1) is 13.3. The van der Waals surface area contributed by atoms with E-state index in [0.717, 1.165) is 36.2 Å². The molecule has 4 rings (SSSR count). The fourth-order valence-corrected chi connectivity index (χ4v) is 3.14. The Hall–Kier alpha value is -2.98. The largest absolute Gasteiger partial charge is 0.508 e. The summed E-state index contributed by atoms with van der Waals surface area (Å²) in [4.78, 5) is 4.44. The van der Waals surface area contributed by atoms with Gasteiger partial charge in [-0.15, -0.1) is 12.4 Å². The minimum absolute atomic E-state index is 0. The minimum Gasteiger partial charge on any atom is -0.508 e. The van der Waals surface area contributed by atoms with Crippen LogP contribution in [0.1, 0.15) is 11.1 Å². The van der Waals surface area contributed by atoms with Crippen molar-refractivity contribution in [3.63, 3.8) is 0 Å². The molecule has 1 aromatic heterocycles. The zero-order valence-electron chi connectivity index (χ0n) is 15.5. The Kier molecular flexibility index (Phi) is 6.56. The molecule has 5 heteroatoms. The van der Waals surface area contributed by atoms with Crippen LogP contribution in [0.5, 0.6) is 11.5 Å². The maximum atomic E-state index is 9.31. The lowest BCUT2D eigenvalue weighted by atomic mass is 10.1. The van der Waals surface area contributed by atoms with Crippen LogP contribution in [0.15, 0.2) is 79.1 Å². The number of imidazole rings is 1. The lowest BCUT2D eigenvalue weighted by Gasteiger charge is -2.08. The number of fused-ring (bicyclic) bond motifs is 1. The highest BCUT2D eigenvalue weighted by molar-refractivity contribution is 5.85. The molecule has 0 radical (unpaired) electrons. The van der Waals surface area contributed by atoms with Gasteiger partial charge in [0.15, 0.2) is 0 Å². The number of para-hydroxylation sites is 2. The number of rotatable bonds is 7. The molecule has 0 aliphatic carbocycles. The number of aromatic hydroxyl groups is 1. The van der Waals surface area contributed by atoms with Gasteiger partial charge in [0.25, 0.3) is 0 Å². The van der Waals surface area contributed by atoms with Crippen molar-refractivity contribution in [3.8, 4) is 11.5 Å². The van der Waals surface area contributed by atoms with Crippen molar-refractivity contribution in [3.05, 3.63) is 90.3 Å². The smallest absolute Gasteiger partial charge is 0.119 e. The lowest BCUT2D eigenvalue weighted by molar-refractivity contribution is 0.322. The summed E-state index contributed by atoms with van der Waals surface area (Å²) in [6, 6.07) is 23.7. The van der Waals surface area contributed by atoms with Crippen LogP contribution in [0.4, 0.5) is 0 Å². The van der Waals surface area contributed by atoms with E-state index in [2.05, 4.69) is 27.8 Å². The standard InChI is InChI=1S/C23H22N2O2.ClH/c26-20-9-5-19(6-10-20)14-16-27-21-11-7-18(8-12-21)13-15-25-17-24-22-3-1-2-4-23(22)25;/h1-12,17,26H,13-16H2;1H. The van der Waals surface area contributed by atoms with Crippen molar-refractivity contribution in [2.24, 2.45) is 0 Å². The number of aromatic nitrogens is 2. The van der Waals surface area contributed by atoms with Crippen LogP contribution in [-0.2, 0) is 19.4 Å². The second-order valence-corrected chi connectivity index (χ2v) is 6.59. The number of phenols is 1. The molecule has 4 nitrogen and oxygen atoms in total. The van der Waals surface area contributed by atoms with Gasteiger partial charge in [-0.2, -0.15) is 0 Å². The van der Waals surface area contributed by atoms with E-state index < -0.39 is 0 Å². The quantitative estimate of drug-likeness (QED) is 0.478. The van der Waals surface area contributed by atoms with Crippen molar-refractivity contribution >= 4 is 23.4 Å². The van der Waals surface area contributed by atoms with Crippen LogP contribution in [0.2, 0.25) is 0 Å². The molecule has 4 aromatic rings. The maximum absolute atomic E-state index is 9.31. The van der Waals surface area contributed by atoms with Gasteiger partial charge < -0.3 is 14.4 Å². The van der Waals surface area contributed by atoms with Gasteiger partial charge in [0.1, 0.15) is 11.5 Å². The van der Waals surface area contributed by atoms with Gasteiger partial charge in [0, 0.05) is 13.0 Å². The number of nitrogens with zero attached hydrogens (tertiary/aromatic N) is 2. The molecule has 0 saturated carbocycles. The molecule has 28 heavy (non-hydrogen) atoms. The first kappa shape index (κ1) is 19.8. The average Bonchev–Trinajstić information content (AvgIpc) is 3.12. The number of phenolic OH excluding ortho intramolecular Hbond substituents is 1. The summed E-state index contributed by atoms with van der Waals surface area (Å²) in [5.41, 5.74) is 4.64. The molecule has 0 aliphatic heterocycles. The first-order valence-corrected chi connectivity index (χ1v) is 9.17. The topological polar surface area (TPSA) is 47.3 Å². The van der Waals surface area contributed by atoms with Gasteiger partial charge in [-0.3, -0.25) is 0 Å². The van der Waals surface area contributed by atoms with Crippen molar-refractivity contribution < 1.29 is 9.84 Å². The summed E-state index contributed by atoms with van der Waals surface area (Å²) in [5.74, 6) is 1.17. The van der Waals surface area contributed by atoms with E-state index in [9.17, 15) is 5.11 Å². The monoisotopic (exact) mass is 394 g/mol. The molecule has 3 aromatic carbocycles. The van der Waals surface area contributed by atoms with Crippen LogP contribution >= 0.6 is 12.4 Å². The van der Waals surface area contributed by atoms with Gasteiger partial charge >= 0.3 is 0 Å². The zero-order chi connectivity index (χ0) is 18.5. The molecular formula is C23H23ClN2O2. The zero-order valence-corrected chi connectivity index (χ0v) is 16.3. The Morgan fingerprint density at radius 1 is 0.821 bits per heavy atom. The van der Waals surface area contributed by atoms with E-state index in [0.29, 0.717) is 12.4 Å². The molecule has 0 atom stereocenters. The van der Waals surface area contributed by atoms with Crippen LogP contribution in [0, 0.1) is 0 Å². The van der Waals surface area contributed by atoms with Crippen molar-refractivity contribution in [2.45, 2.75) is 19.4 Å². The highest BCUT2D eigenvalue weighted by Crippen LogP contribution is 2.16. The minimum atomic E-state index is 0. The molecular weight excluding hydrogens is 372 g/mol. The van der Waals surface area contributed by atoms with Crippen LogP contribution in [0.25, 0.3) is 11.0 Å². The SMILES string of the molecule is Cl.Oc1ccc(CCOc2ccc(CCn3cnc4ccccc43)cc2)cc1. The van der Waals surface area contributed by atoms with Crippen LogP contribution in [0.3, 0.4) is 0 Å². The van der Waals surface area contributed by atoms with E-state index >= 15 is 0 Å². The van der Waals surface area contributed by atoms with E-state index in [1.165, 1.54) is 11.1 Å². The Labute approximate surface area is 170 Å². The number of hydrogen-bond donors (Lipinski definition) is 1. The average molecular weight is 395 g/mol.